The molecule has 0 radical (unpaired) electrons. The number of hydrogen-bond donors (Lipinski definition) is 2. The lowest BCUT2D eigenvalue weighted by Gasteiger charge is -2.31. The van der Waals surface area contributed by atoms with E-state index in [2.05, 4.69) is 20.7 Å². The van der Waals surface area contributed by atoms with E-state index in [-0.39, 0.29) is 18.0 Å². The van der Waals surface area contributed by atoms with Gasteiger partial charge in [0.25, 0.3) is 5.91 Å². The van der Waals surface area contributed by atoms with Gasteiger partial charge in [-0.05, 0) is 56.0 Å². The molecule has 1 saturated carbocycles. The average Bonchev–Trinajstić information content (AvgIpc) is 3.23. The summed E-state index contributed by atoms with van der Waals surface area (Å²) < 4.78 is 41.8. The highest BCUT2D eigenvalue weighted by Crippen LogP contribution is 2.34. The van der Waals surface area contributed by atoms with Crippen molar-refractivity contribution in [1.82, 2.24) is 19.9 Å². The second kappa shape index (κ2) is 8.38. The lowest BCUT2D eigenvalue weighted by molar-refractivity contribution is -0.140. The highest BCUT2D eigenvalue weighted by Gasteiger charge is 2.34. The highest BCUT2D eigenvalue weighted by atomic mass is 19.4. The molecular weight excluding hydrogens is 431 g/mol. The fraction of sp³-hybridized carbons (Fsp3) is 0.292. The zero-order valence-electron chi connectivity index (χ0n) is 17.6. The van der Waals surface area contributed by atoms with Crippen molar-refractivity contribution in [2.75, 3.05) is 5.32 Å². The van der Waals surface area contributed by atoms with E-state index in [4.69, 9.17) is 0 Å². The second-order valence-corrected chi connectivity index (χ2v) is 8.35. The molecule has 2 atom stereocenters. The lowest BCUT2D eigenvalue weighted by atomic mass is 9.90. The van der Waals surface area contributed by atoms with Crippen molar-refractivity contribution in [3.05, 3.63) is 72.2 Å². The zero-order valence-corrected chi connectivity index (χ0v) is 17.6. The number of hydrogen-bond acceptors (Lipinski definition) is 4. The van der Waals surface area contributed by atoms with Crippen molar-refractivity contribution in [2.24, 2.45) is 0 Å². The van der Waals surface area contributed by atoms with E-state index < -0.39 is 11.9 Å². The topological polar surface area (TPSA) is 71.3 Å². The smallest absolute Gasteiger partial charge is 0.382 e. The number of carbonyl (C=O) groups excluding carboxylic acids is 1. The van der Waals surface area contributed by atoms with E-state index >= 15 is 0 Å². The minimum absolute atomic E-state index is 0.0722. The number of halogens is 3. The third-order valence-electron chi connectivity index (χ3n) is 5.98. The number of nitrogens with one attached hydrogen (secondary N) is 2. The molecule has 0 unspecified atom stereocenters. The number of nitrogens with zero attached hydrogens (tertiary/aromatic N) is 3. The first-order valence-electron chi connectivity index (χ1n) is 10.9. The van der Waals surface area contributed by atoms with Crippen LogP contribution in [0.25, 0.3) is 16.4 Å². The molecule has 3 aromatic heterocycles. The predicted molar refractivity (Wildman–Crippen MR) is 119 cm³/mol. The average molecular weight is 453 g/mol. The second-order valence-electron chi connectivity index (χ2n) is 8.35. The van der Waals surface area contributed by atoms with Gasteiger partial charge in [-0.15, -0.1) is 0 Å². The zero-order chi connectivity index (χ0) is 23.0. The van der Waals surface area contributed by atoms with Crippen LogP contribution in [0.1, 0.15) is 41.9 Å². The van der Waals surface area contributed by atoms with Crippen LogP contribution in [-0.2, 0) is 6.18 Å². The summed E-state index contributed by atoms with van der Waals surface area (Å²) in [7, 11) is 0. The monoisotopic (exact) mass is 453 g/mol. The summed E-state index contributed by atoms with van der Waals surface area (Å²) in [6.45, 7) is 0. The summed E-state index contributed by atoms with van der Waals surface area (Å²) >= 11 is 0. The third kappa shape index (κ3) is 4.48. The van der Waals surface area contributed by atoms with E-state index in [1.165, 1.54) is 0 Å². The Bertz CT molecular complexity index is 1280. The molecule has 2 N–H and O–H groups in total. The van der Waals surface area contributed by atoms with Crippen molar-refractivity contribution in [3.63, 3.8) is 0 Å². The Kier molecular flexibility index (Phi) is 5.39. The molecule has 170 valence electrons. The van der Waals surface area contributed by atoms with Gasteiger partial charge in [0.15, 0.2) is 5.69 Å². The number of fused-ring (bicyclic) bond motifs is 2. The van der Waals surface area contributed by atoms with E-state index in [0.717, 1.165) is 30.8 Å². The van der Waals surface area contributed by atoms with Gasteiger partial charge in [-0.2, -0.15) is 18.3 Å². The van der Waals surface area contributed by atoms with E-state index in [1.54, 1.807) is 41.0 Å². The number of para-hydroxylation sites is 1. The maximum atomic E-state index is 13.4. The van der Waals surface area contributed by atoms with Gasteiger partial charge >= 0.3 is 6.18 Å². The number of aromatic nitrogens is 3. The number of amides is 1. The molecule has 4 aromatic rings. The van der Waals surface area contributed by atoms with Crippen LogP contribution in [0.3, 0.4) is 0 Å². The molecule has 3 heterocycles. The summed E-state index contributed by atoms with van der Waals surface area (Å²) in [5.41, 5.74) is 0.950. The maximum absolute atomic E-state index is 13.4. The minimum atomic E-state index is -4.53. The van der Waals surface area contributed by atoms with Crippen LogP contribution < -0.4 is 10.6 Å². The van der Waals surface area contributed by atoms with Crippen LogP contribution in [-0.4, -0.2) is 32.6 Å². The number of rotatable bonds is 4. The number of benzene rings is 1. The highest BCUT2D eigenvalue weighted by molar-refractivity contribution is 5.94. The van der Waals surface area contributed by atoms with Gasteiger partial charge in [0.1, 0.15) is 5.69 Å². The van der Waals surface area contributed by atoms with Gasteiger partial charge in [-0.3, -0.25) is 4.79 Å². The maximum Gasteiger partial charge on any atom is 0.433 e. The molecule has 1 aromatic carbocycles. The normalized spacial score (nSPS) is 19.0. The van der Waals surface area contributed by atoms with Crippen LogP contribution in [0.2, 0.25) is 0 Å². The molecule has 0 aliphatic heterocycles. The number of alkyl halides is 3. The first-order chi connectivity index (χ1) is 15.9. The van der Waals surface area contributed by atoms with Gasteiger partial charge in [-0.1, -0.05) is 24.3 Å². The molecule has 1 fully saturated rings. The molecule has 1 amide bonds. The first kappa shape index (κ1) is 21.2. The molecule has 0 saturated heterocycles. The Morgan fingerprint density at radius 1 is 1.03 bits per heavy atom. The van der Waals surface area contributed by atoms with Crippen LogP contribution >= 0.6 is 0 Å². The molecule has 6 nitrogen and oxygen atoms in total. The number of carbonyl (C=O) groups is 1. The largest absolute Gasteiger partial charge is 0.433 e. The van der Waals surface area contributed by atoms with Crippen molar-refractivity contribution in [2.45, 2.75) is 43.9 Å². The summed E-state index contributed by atoms with van der Waals surface area (Å²) in [5, 5.41) is 11.3. The van der Waals surface area contributed by atoms with Crippen LogP contribution in [0.4, 0.5) is 18.9 Å². The Hall–Kier alpha value is -3.62. The van der Waals surface area contributed by atoms with Crippen molar-refractivity contribution in [3.8, 4) is 0 Å². The number of pyridine rings is 2. The first-order valence-corrected chi connectivity index (χ1v) is 10.9. The minimum Gasteiger partial charge on any atom is -0.382 e. The lowest BCUT2D eigenvalue weighted by Crippen LogP contribution is -2.42. The molecule has 9 heteroatoms. The van der Waals surface area contributed by atoms with Gasteiger partial charge in [-0.25, -0.2) is 9.50 Å². The van der Waals surface area contributed by atoms with Gasteiger partial charge in [0.2, 0.25) is 0 Å². The fourth-order valence-corrected chi connectivity index (χ4v) is 4.42. The quantitative estimate of drug-likeness (QED) is 0.454. The predicted octanol–water partition coefficient (Wildman–Crippen LogP) is 5.05. The standard InChI is InChI=1S/C24H22F3N5O/c25-24(26,27)22-14-20(18-9-1-2-10-19(18)30-22)28-15-6-5-7-16(12-15)29-23(33)21-13-17-8-3-4-11-32(17)31-21/h1-4,8-11,13-16H,5-7,12H2,(H,28,30)(H,29,33)/t15-,16+/m0/s1. The van der Waals surface area contributed by atoms with Gasteiger partial charge in [0, 0.05) is 29.4 Å². The summed E-state index contributed by atoms with van der Waals surface area (Å²) in [6, 6.07) is 15.0. The van der Waals surface area contributed by atoms with Crippen molar-refractivity contribution in [1.29, 1.82) is 0 Å². The summed E-state index contributed by atoms with van der Waals surface area (Å²) in [4.78, 5) is 16.5. The van der Waals surface area contributed by atoms with E-state index in [0.29, 0.717) is 28.7 Å². The summed E-state index contributed by atoms with van der Waals surface area (Å²) in [5.74, 6) is -0.252. The molecule has 1 aliphatic carbocycles. The van der Waals surface area contributed by atoms with Crippen molar-refractivity contribution >= 4 is 28.0 Å². The Labute approximate surface area is 187 Å². The summed E-state index contributed by atoms with van der Waals surface area (Å²) in [6.07, 6.45) is 0.319. The molecule has 0 spiro atoms. The Balaban J connectivity index is 1.32. The fourth-order valence-electron chi connectivity index (χ4n) is 4.42. The molecule has 33 heavy (non-hydrogen) atoms. The molecule has 0 bridgehead atoms. The van der Waals surface area contributed by atoms with Crippen LogP contribution in [0.5, 0.6) is 0 Å². The van der Waals surface area contributed by atoms with Gasteiger partial charge < -0.3 is 10.6 Å². The van der Waals surface area contributed by atoms with Crippen LogP contribution in [0.15, 0.2) is 60.8 Å². The van der Waals surface area contributed by atoms with Crippen LogP contribution in [0, 0.1) is 0 Å². The molecular formula is C24H22F3N5O. The number of anilines is 1. The van der Waals surface area contributed by atoms with Gasteiger partial charge in [0.05, 0.1) is 11.0 Å². The van der Waals surface area contributed by atoms with Crippen molar-refractivity contribution < 1.29 is 18.0 Å². The third-order valence-corrected chi connectivity index (χ3v) is 5.98. The Morgan fingerprint density at radius 2 is 1.82 bits per heavy atom. The van der Waals surface area contributed by atoms with E-state index in [9.17, 15) is 18.0 Å². The Morgan fingerprint density at radius 3 is 2.64 bits per heavy atom. The molecule has 1 aliphatic rings. The molecule has 5 rings (SSSR count). The van der Waals surface area contributed by atoms with E-state index in [1.807, 2.05) is 18.2 Å². The SMILES string of the molecule is O=C(N[C@@H]1CCC[C@H](Nc2cc(C(F)(F)F)nc3ccccc23)C1)c1cc2ccccn2n1.